The highest BCUT2D eigenvalue weighted by atomic mass is 16.6. The number of nitro groups is 1. The fourth-order valence-corrected chi connectivity index (χ4v) is 2.90. The second-order valence-corrected chi connectivity index (χ2v) is 6.13. The summed E-state index contributed by atoms with van der Waals surface area (Å²) in [7, 11) is 0. The van der Waals surface area contributed by atoms with Crippen LogP contribution in [0, 0.1) is 17.0 Å². The molecule has 0 spiro atoms. The van der Waals surface area contributed by atoms with Gasteiger partial charge in [-0.25, -0.2) is 4.68 Å². The Morgan fingerprint density at radius 2 is 1.95 bits per heavy atom. The van der Waals surface area contributed by atoms with Crippen molar-refractivity contribution in [3.63, 3.8) is 0 Å². The molecule has 7 nitrogen and oxygen atoms in total. The molecule has 1 aromatic rings. The molecule has 1 saturated heterocycles. The van der Waals surface area contributed by atoms with Crippen molar-refractivity contribution in [2.45, 2.75) is 52.6 Å². The van der Waals surface area contributed by atoms with Crippen LogP contribution in [0.2, 0.25) is 0 Å². The van der Waals surface area contributed by atoms with Crippen LogP contribution >= 0.6 is 0 Å². The lowest BCUT2D eigenvalue weighted by Crippen LogP contribution is -2.33. The zero-order chi connectivity index (χ0) is 15.6. The predicted octanol–water partition coefficient (Wildman–Crippen LogP) is 2.58. The van der Waals surface area contributed by atoms with Gasteiger partial charge in [-0.3, -0.25) is 10.1 Å². The van der Waals surface area contributed by atoms with E-state index in [1.165, 1.54) is 12.8 Å². The molecule has 1 aliphatic rings. The summed E-state index contributed by atoms with van der Waals surface area (Å²) >= 11 is 0. The summed E-state index contributed by atoms with van der Waals surface area (Å²) in [5.74, 6) is 0.527. The zero-order valence-electron chi connectivity index (χ0n) is 13.3. The molecule has 0 aromatic carbocycles. The molecular weight excluding hydrogens is 270 g/mol. The van der Waals surface area contributed by atoms with Gasteiger partial charge in [-0.2, -0.15) is 5.10 Å². The van der Waals surface area contributed by atoms with E-state index in [2.05, 4.69) is 22.2 Å². The van der Waals surface area contributed by atoms with Gasteiger partial charge in [-0.05, 0) is 53.6 Å². The monoisotopic (exact) mass is 295 g/mol. The maximum Gasteiger partial charge on any atom is 0.333 e. The van der Waals surface area contributed by atoms with Gasteiger partial charge in [0.2, 0.25) is 5.82 Å². The van der Waals surface area contributed by atoms with Crippen molar-refractivity contribution in [1.29, 1.82) is 0 Å². The van der Waals surface area contributed by atoms with Crippen LogP contribution in [0.1, 0.15) is 45.3 Å². The average molecular weight is 295 g/mol. The molecule has 1 atom stereocenters. The van der Waals surface area contributed by atoms with Crippen molar-refractivity contribution >= 4 is 11.5 Å². The van der Waals surface area contributed by atoms with Crippen LogP contribution in [0.3, 0.4) is 0 Å². The highest BCUT2D eigenvalue weighted by Gasteiger charge is 2.28. The maximum atomic E-state index is 11.3. The van der Waals surface area contributed by atoms with Crippen molar-refractivity contribution in [3.8, 4) is 0 Å². The minimum absolute atomic E-state index is 0.0823. The van der Waals surface area contributed by atoms with E-state index in [1.54, 1.807) is 11.6 Å². The third kappa shape index (κ3) is 3.53. The Kier molecular flexibility index (Phi) is 4.82. The van der Waals surface area contributed by atoms with Crippen molar-refractivity contribution < 1.29 is 4.92 Å². The highest BCUT2D eigenvalue weighted by molar-refractivity contribution is 5.60. The number of likely N-dealkylation sites (tertiary alicyclic amines) is 1. The summed E-state index contributed by atoms with van der Waals surface area (Å²) in [6.45, 7) is 10.9. The Hall–Kier alpha value is -1.63. The lowest BCUT2D eigenvalue weighted by atomic mass is 10.3. The van der Waals surface area contributed by atoms with E-state index in [0.717, 1.165) is 19.6 Å². The van der Waals surface area contributed by atoms with E-state index < -0.39 is 0 Å². The van der Waals surface area contributed by atoms with Crippen molar-refractivity contribution in [2.75, 3.05) is 25.0 Å². The van der Waals surface area contributed by atoms with Gasteiger partial charge in [0.05, 0.1) is 4.92 Å². The average Bonchev–Trinajstić information content (AvgIpc) is 2.97. The van der Waals surface area contributed by atoms with E-state index >= 15 is 0 Å². The lowest BCUT2D eigenvalue weighted by molar-refractivity contribution is -0.384. The molecule has 0 saturated carbocycles. The van der Waals surface area contributed by atoms with E-state index in [4.69, 9.17) is 0 Å². The molecular formula is C14H25N5O2. The first-order valence-corrected chi connectivity index (χ1v) is 7.62. The van der Waals surface area contributed by atoms with Crippen LogP contribution in [0.15, 0.2) is 0 Å². The van der Waals surface area contributed by atoms with E-state index in [0.29, 0.717) is 11.5 Å². The topological polar surface area (TPSA) is 76.2 Å². The van der Waals surface area contributed by atoms with Gasteiger partial charge >= 0.3 is 5.69 Å². The molecule has 2 heterocycles. The van der Waals surface area contributed by atoms with Crippen molar-refractivity contribution in [2.24, 2.45) is 0 Å². The molecule has 1 aliphatic heterocycles. The van der Waals surface area contributed by atoms with Gasteiger partial charge in [-0.1, -0.05) is 0 Å². The summed E-state index contributed by atoms with van der Waals surface area (Å²) in [5.41, 5.74) is 0.557. The number of aryl methyl sites for hydroxylation is 1. The fourth-order valence-electron chi connectivity index (χ4n) is 2.90. The van der Waals surface area contributed by atoms with Crippen molar-refractivity contribution in [3.05, 3.63) is 15.8 Å². The molecule has 0 aliphatic carbocycles. The van der Waals surface area contributed by atoms with Gasteiger partial charge in [0.1, 0.15) is 5.69 Å². The molecule has 21 heavy (non-hydrogen) atoms. The first kappa shape index (κ1) is 15.8. The molecule has 1 N–H and O–H groups in total. The quantitative estimate of drug-likeness (QED) is 0.645. The van der Waals surface area contributed by atoms with Crippen LogP contribution in [-0.4, -0.2) is 45.3 Å². The minimum Gasteiger partial charge on any atom is -0.361 e. The normalized spacial score (nSPS) is 17.4. The van der Waals surface area contributed by atoms with Crippen LogP contribution in [-0.2, 0) is 0 Å². The van der Waals surface area contributed by atoms with Gasteiger partial charge in [-0.15, -0.1) is 0 Å². The number of hydrogen-bond donors (Lipinski definition) is 1. The highest BCUT2D eigenvalue weighted by Crippen LogP contribution is 2.31. The molecule has 0 amide bonds. The van der Waals surface area contributed by atoms with Crippen molar-refractivity contribution in [1.82, 2.24) is 14.7 Å². The lowest BCUT2D eigenvalue weighted by Gasteiger charge is -2.22. The maximum absolute atomic E-state index is 11.3. The van der Waals surface area contributed by atoms with Gasteiger partial charge < -0.3 is 10.2 Å². The Bertz CT molecular complexity index is 506. The third-order valence-corrected chi connectivity index (χ3v) is 3.84. The molecule has 7 heteroatoms. The smallest absolute Gasteiger partial charge is 0.333 e. The first-order chi connectivity index (χ1) is 9.90. The second-order valence-electron chi connectivity index (χ2n) is 6.13. The molecule has 0 bridgehead atoms. The summed E-state index contributed by atoms with van der Waals surface area (Å²) in [4.78, 5) is 13.4. The van der Waals surface area contributed by atoms with Crippen LogP contribution in [0.25, 0.3) is 0 Å². The number of nitrogens with zero attached hydrogens (tertiary/aromatic N) is 4. The van der Waals surface area contributed by atoms with Gasteiger partial charge in [0, 0.05) is 18.6 Å². The standard InChI is InChI=1S/C14H25N5O2/c1-10(2)18-14(13(19(20)21)12(4)16-18)15-11(3)9-17-7-5-6-8-17/h10-11,15H,5-9H2,1-4H3. The Morgan fingerprint density at radius 1 is 1.33 bits per heavy atom. The number of hydrogen-bond acceptors (Lipinski definition) is 5. The Labute approximate surface area is 125 Å². The fraction of sp³-hybridized carbons (Fsp3) is 0.786. The summed E-state index contributed by atoms with van der Waals surface area (Å²) < 4.78 is 1.72. The van der Waals surface area contributed by atoms with Gasteiger partial charge in [0.15, 0.2) is 0 Å². The summed E-state index contributed by atoms with van der Waals surface area (Å²) in [6, 6.07) is 0.231. The predicted molar refractivity (Wildman–Crippen MR) is 82.8 cm³/mol. The number of rotatable bonds is 6. The van der Waals surface area contributed by atoms with Crippen LogP contribution in [0.4, 0.5) is 11.5 Å². The number of anilines is 1. The molecule has 118 valence electrons. The molecule has 1 unspecified atom stereocenters. The molecule has 2 rings (SSSR count). The van der Waals surface area contributed by atoms with E-state index in [1.807, 2.05) is 13.8 Å². The Balaban J connectivity index is 2.18. The third-order valence-electron chi connectivity index (χ3n) is 3.84. The minimum atomic E-state index is -0.341. The Morgan fingerprint density at radius 3 is 2.48 bits per heavy atom. The van der Waals surface area contributed by atoms with Gasteiger partial charge in [0.25, 0.3) is 0 Å². The summed E-state index contributed by atoms with van der Waals surface area (Å²) in [6.07, 6.45) is 2.49. The zero-order valence-corrected chi connectivity index (χ0v) is 13.3. The largest absolute Gasteiger partial charge is 0.361 e. The van der Waals surface area contributed by atoms with Crippen LogP contribution in [0.5, 0.6) is 0 Å². The SMILES string of the molecule is Cc1nn(C(C)C)c(NC(C)CN2CCCC2)c1[N+](=O)[O-]. The first-order valence-electron chi connectivity index (χ1n) is 7.62. The molecule has 1 fully saturated rings. The molecule has 0 radical (unpaired) electrons. The van der Waals surface area contributed by atoms with E-state index in [9.17, 15) is 10.1 Å². The number of nitrogens with one attached hydrogen (secondary N) is 1. The number of aromatic nitrogens is 2. The van der Waals surface area contributed by atoms with Crippen LogP contribution < -0.4 is 5.32 Å². The summed E-state index contributed by atoms with van der Waals surface area (Å²) in [5, 5.41) is 18.9. The molecule has 1 aromatic heterocycles. The second kappa shape index (κ2) is 6.43. The van der Waals surface area contributed by atoms with E-state index in [-0.39, 0.29) is 22.7 Å².